The van der Waals surface area contributed by atoms with E-state index in [0.717, 1.165) is 17.5 Å². The molecule has 3 rings (SSSR count). The first-order valence-electron chi connectivity index (χ1n) is 7.34. The third-order valence-electron chi connectivity index (χ3n) is 4.34. The molecule has 1 aliphatic rings. The van der Waals surface area contributed by atoms with E-state index in [1.165, 1.54) is 36.8 Å². The fraction of sp³-hybridized carbons (Fsp3) is 0.389. The van der Waals surface area contributed by atoms with Gasteiger partial charge in [-0.1, -0.05) is 50.1 Å². The molecule has 19 heavy (non-hydrogen) atoms. The van der Waals surface area contributed by atoms with Crippen LogP contribution >= 0.6 is 0 Å². The first-order valence-corrected chi connectivity index (χ1v) is 7.34. The number of nitrogens with zero attached hydrogens (tertiary/aromatic N) is 1. The van der Waals surface area contributed by atoms with Crippen LogP contribution in [-0.4, -0.2) is 4.98 Å². The van der Waals surface area contributed by atoms with Gasteiger partial charge in [-0.25, -0.2) is 0 Å². The van der Waals surface area contributed by atoms with Crippen LogP contribution in [0.25, 0.3) is 11.3 Å². The van der Waals surface area contributed by atoms with E-state index in [2.05, 4.69) is 54.4 Å². The average Bonchev–Trinajstić information content (AvgIpc) is 2.49. The smallest absolute Gasteiger partial charge is 0.0704 e. The van der Waals surface area contributed by atoms with Crippen LogP contribution in [0.3, 0.4) is 0 Å². The van der Waals surface area contributed by atoms with E-state index >= 15 is 0 Å². The van der Waals surface area contributed by atoms with Gasteiger partial charge in [-0.2, -0.15) is 0 Å². The van der Waals surface area contributed by atoms with E-state index in [4.69, 9.17) is 0 Å². The number of benzene rings is 1. The van der Waals surface area contributed by atoms with Crippen LogP contribution in [0.4, 0.5) is 0 Å². The van der Waals surface area contributed by atoms with Gasteiger partial charge in [0, 0.05) is 11.8 Å². The molecule has 1 fully saturated rings. The highest BCUT2D eigenvalue weighted by Gasteiger charge is 2.20. The summed E-state index contributed by atoms with van der Waals surface area (Å²) in [5.41, 5.74) is 3.80. The van der Waals surface area contributed by atoms with Crippen molar-refractivity contribution in [3.05, 3.63) is 54.2 Å². The fourth-order valence-corrected chi connectivity index (χ4v) is 3.06. The van der Waals surface area contributed by atoms with E-state index in [1.54, 1.807) is 0 Å². The van der Waals surface area contributed by atoms with Gasteiger partial charge in [-0.3, -0.25) is 4.98 Å². The number of pyridine rings is 1. The molecule has 2 aromatic rings. The zero-order valence-electron chi connectivity index (χ0n) is 11.5. The lowest BCUT2D eigenvalue weighted by molar-refractivity contribution is 0.348. The minimum Gasteiger partial charge on any atom is -0.256 e. The molecule has 0 bridgehead atoms. The maximum atomic E-state index is 4.52. The predicted molar refractivity (Wildman–Crippen MR) is 80.0 cm³/mol. The van der Waals surface area contributed by atoms with Crippen molar-refractivity contribution >= 4 is 0 Å². The largest absolute Gasteiger partial charge is 0.256 e. The summed E-state index contributed by atoms with van der Waals surface area (Å²) in [6.45, 7) is 2.37. The molecule has 1 saturated carbocycles. The topological polar surface area (TPSA) is 12.9 Å². The van der Waals surface area contributed by atoms with Gasteiger partial charge in [0.25, 0.3) is 0 Å². The van der Waals surface area contributed by atoms with Crippen molar-refractivity contribution in [3.63, 3.8) is 0 Å². The Morgan fingerprint density at radius 1 is 0.947 bits per heavy atom. The molecular formula is C18H21N. The Balaban J connectivity index is 1.84. The van der Waals surface area contributed by atoms with Crippen molar-refractivity contribution in [3.8, 4) is 11.3 Å². The maximum Gasteiger partial charge on any atom is 0.0704 e. The molecule has 1 heterocycles. The SMILES string of the molecule is CC1CCC(c2ccnc(-c3ccccc3)c2)CC1. The Morgan fingerprint density at radius 2 is 1.68 bits per heavy atom. The first-order chi connectivity index (χ1) is 9.33. The van der Waals surface area contributed by atoms with Crippen molar-refractivity contribution in [2.45, 2.75) is 38.5 Å². The van der Waals surface area contributed by atoms with Crippen molar-refractivity contribution in [2.75, 3.05) is 0 Å². The molecule has 1 nitrogen and oxygen atoms in total. The Hall–Kier alpha value is -1.63. The van der Waals surface area contributed by atoms with Gasteiger partial charge >= 0.3 is 0 Å². The van der Waals surface area contributed by atoms with Crippen molar-refractivity contribution in [1.82, 2.24) is 4.98 Å². The fourth-order valence-electron chi connectivity index (χ4n) is 3.06. The summed E-state index contributed by atoms with van der Waals surface area (Å²) >= 11 is 0. The summed E-state index contributed by atoms with van der Waals surface area (Å²) in [6.07, 6.45) is 7.37. The standard InChI is InChI=1S/C18H21N/c1-14-7-9-15(10-8-14)17-11-12-19-18(13-17)16-5-3-2-4-6-16/h2-6,11-15H,7-10H2,1H3. The van der Waals surface area contributed by atoms with E-state index in [0.29, 0.717) is 0 Å². The molecule has 1 aromatic heterocycles. The van der Waals surface area contributed by atoms with Crippen LogP contribution in [0, 0.1) is 5.92 Å². The van der Waals surface area contributed by atoms with E-state index in [-0.39, 0.29) is 0 Å². The molecule has 0 radical (unpaired) electrons. The lowest BCUT2D eigenvalue weighted by Gasteiger charge is -2.26. The quantitative estimate of drug-likeness (QED) is 0.728. The van der Waals surface area contributed by atoms with Gasteiger partial charge < -0.3 is 0 Å². The molecule has 0 spiro atoms. The third-order valence-corrected chi connectivity index (χ3v) is 4.34. The summed E-state index contributed by atoms with van der Waals surface area (Å²) in [4.78, 5) is 4.52. The number of hydrogen-bond acceptors (Lipinski definition) is 1. The number of aromatic nitrogens is 1. The molecule has 0 aliphatic heterocycles. The number of rotatable bonds is 2. The normalized spacial score (nSPS) is 23.2. The first kappa shape index (κ1) is 12.4. The highest BCUT2D eigenvalue weighted by molar-refractivity contribution is 5.59. The number of hydrogen-bond donors (Lipinski definition) is 0. The monoisotopic (exact) mass is 251 g/mol. The Morgan fingerprint density at radius 3 is 2.42 bits per heavy atom. The van der Waals surface area contributed by atoms with Crippen LogP contribution in [0.1, 0.15) is 44.1 Å². The molecule has 0 atom stereocenters. The molecular weight excluding hydrogens is 230 g/mol. The van der Waals surface area contributed by atoms with Gasteiger partial charge in [0.15, 0.2) is 0 Å². The molecule has 0 N–H and O–H groups in total. The zero-order chi connectivity index (χ0) is 13.1. The highest BCUT2D eigenvalue weighted by Crippen LogP contribution is 2.36. The maximum absolute atomic E-state index is 4.52. The second-order valence-corrected chi connectivity index (χ2v) is 5.80. The second kappa shape index (κ2) is 5.56. The van der Waals surface area contributed by atoms with E-state index in [1.807, 2.05) is 6.20 Å². The summed E-state index contributed by atoms with van der Waals surface area (Å²) in [6, 6.07) is 15.0. The predicted octanol–water partition coefficient (Wildman–Crippen LogP) is 5.04. The highest BCUT2D eigenvalue weighted by atomic mass is 14.7. The second-order valence-electron chi connectivity index (χ2n) is 5.80. The van der Waals surface area contributed by atoms with E-state index < -0.39 is 0 Å². The van der Waals surface area contributed by atoms with Crippen molar-refractivity contribution < 1.29 is 0 Å². The summed E-state index contributed by atoms with van der Waals surface area (Å²) in [5, 5.41) is 0. The summed E-state index contributed by atoms with van der Waals surface area (Å²) < 4.78 is 0. The minimum atomic E-state index is 0.738. The van der Waals surface area contributed by atoms with Gasteiger partial charge in [-0.05, 0) is 42.4 Å². The zero-order valence-corrected chi connectivity index (χ0v) is 11.5. The van der Waals surface area contributed by atoms with Crippen LogP contribution < -0.4 is 0 Å². The molecule has 0 saturated heterocycles. The van der Waals surface area contributed by atoms with Gasteiger partial charge in [0.05, 0.1) is 5.69 Å². The van der Waals surface area contributed by atoms with Crippen molar-refractivity contribution in [1.29, 1.82) is 0 Å². The van der Waals surface area contributed by atoms with Crippen LogP contribution in [0.2, 0.25) is 0 Å². The summed E-state index contributed by atoms with van der Waals surface area (Å²) in [5.74, 6) is 1.65. The van der Waals surface area contributed by atoms with Crippen LogP contribution in [0.5, 0.6) is 0 Å². The van der Waals surface area contributed by atoms with Gasteiger partial charge in [-0.15, -0.1) is 0 Å². The Kier molecular flexibility index (Phi) is 3.63. The van der Waals surface area contributed by atoms with Gasteiger partial charge in [0.2, 0.25) is 0 Å². The molecule has 0 amide bonds. The third kappa shape index (κ3) is 2.86. The van der Waals surface area contributed by atoms with Crippen LogP contribution in [-0.2, 0) is 0 Å². The van der Waals surface area contributed by atoms with E-state index in [9.17, 15) is 0 Å². The molecule has 98 valence electrons. The van der Waals surface area contributed by atoms with Gasteiger partial charge in [0.1, 0.15) is 0 Å². The Labute approximate surface area is 115 Å². The summed E-state index contributed by atoms with van der Waals surface area (Å²) in [7, 11) is 0. The average molecular weight is 251 g/mol. The molecule has 0 unspecified atom stereocenters. The van der Waals surface area contributed by atoms with Crippen LogP contribution in [0.15, 0.2) is 48.7 Å². The van der Waals surface area contributed by atoms with Crippen molar-refractivity contribution in [2.24, 2.45) is 5.92 Å². The Bertz CT molecular complexity index is 524. The minimum absolute atomic E-state index is 0.738. The molecule has 1 aromatic carbocycles. The molecule has 1 aliphatic carbocycles. The lowest BCUT2D eigenvalue weighted by Crippen LogP contribution is -2.10. The molecule has 1 heteroatoms. The lowest BCUT2D eigenvalue weighted by atomic mass is 9.79.